The molecule has 0 aliphatic carbocycles. The molecule has 3 rings (SSSR count). The smallest absolute Gasteiger partial charge is 0.323 e. The van der Waals surface area contributed by atoms with Gasteiger partial charge in [-0.3, -0.25) is 0 Å². The van der Waals surface area contributed by atoms with Gasteiger partial charge in [0.15, 0.2) is 0 Å². The Morgan fingerprint density at radius 3 is 2.69 bits per heavy atom. The number of aryl methyl sites for hydroxylation is 1. The minimum Gasteiger partial charge on any atom is -0.346 e. The topological polar surface area (TPSA) is 82.7 Å². The molecule has 2 heterocycles. The standard InChI is InChI=1S/C20H21N5O/c1-4-5-6-14(3)24-20(26)25-16-9-7-15(8-10-16)18-17-13(2)11-21-19(17)23-12-22-18/h4-12H,1-3H3,(H,21,22,23)(H2,24,25,26)/b5-4-,14-6+. The van der Waals surface area contributed by atoms with Crippen LogP contribution in [0.1, 0.15) is 19.4 Å². The number of benzene rings is 1. The van der Waals surface area contributed by atoms with Crippen molar-refractivity contribution in [2.45, 2.75) is 20.8 Å². The number of aromatic amines is 1. The zero-order valence-electron chi connectivity index (χ0n) is 15.0. The molecule has 0 unspecified atom stereocenters. The van der Waals surface area contributed by atoms with Crippen molar-refractivity contribution in [2.24, 2.45) is 0 Å². The number of carbonyl (C=O) groups is 1. The summed E-state index contributed by atoms with van der Waals surface area (Å²) in [7, 11) is 0. The predicted molar refractivity (Wildman–Crippen MR) is 105 cm³/mol. The van der Waals surface area contributed by atoms with Crippen molar-refractivity contribution >= 4 is 22.8 Å². The number of allylic oxidation sites excluding steroid dienone is 4. The molecule has 3 N–H and O–H groups in total. The number of aromatic nitrogens is 3. The SMILES string of the molecule is C/C=C\C=C(/C)NC(=O)Nc1ccc(-c2ncnc3[nH]cc(C)c23)cc1. The van der Waals surface area contributed by atoms with E-state index in [0.29, 0.717) is 5.69 Å². The van der Waals surface area contributed by atoms with Gasteiger partial charge in [0.05, 0.1) is 5.69 Å². The number of urea groups is 1. The maximum Gasteiger partial charge on any atom is 0.323 e. The Bertz CT molecular complexity index is 983. The van der Waals surface area contributed by atoms with Gasteiger partial charge in [-0.15, -0.1) is 0 Å². The van der Waals surface area contributed by atoms with Gasteiger partial charge in [0.1, 0.15) is 12.0 Å². The quantitative estimate of drug-likeness (QED) is 0.606. The van der Waals surface area contributed by atoms with Crippen molar-refractivity contribution in [3.63, 3.8) is 0 Å². The Morgan fingerprint density at radius 2 is 1.96 bits per heavy atom. The summed E-state index contributed by atoms with van der Waals surface area (Å²) in [5.74, 6) is 0. The Kier molecular flexibility index (Phi) is 5.12. The summed E-state index contributed by atoms with van der Waals surface area (Å²) in [6.45, 7) is 5.78. The first kappa shape index (κ1) is 17.4. The summed E-state index contributed by atoms with van der Waals surface area (Å²) >= 11 is 0. The van der Waals surface area contributed by atoms with Crippen LogP contribution in [0.25, 0.3) is 22.3 Å². The minimum atomic E-state index is -0.276. The molecule has 0 bridgehead atoms. The molecular weight excluding hydrogens is 326 g/mol. The van der Waals surface area contributed by atoms with Gasteiger partial charge in [0.25, 0.3) is 0 Å². The van der Waals surface area contributed by atoms with Crippen LogP contribution in [-0.2, 0) is 0 Å². The van der Waals surface area contributed by atoms with Gasteiger partial charge < -0.3 is 15.6 Å². The van der Waals surface area contributed by atoms with Gasteiger partial charge in [-0.2, -0.15) is 0 Å². The Morgan fingerprint density at radius 1 is 1.19 bits per heavy atom. The summed E-state index contributed by atoms with van der Waals surface area (Å²) in [6, 6.07) is 7.31. The molecule has 6 heteroatoms. The van der Waals surface area contributed by atoms with E-state index in [1.54, 1.807) is 6.33 Å². The molecule has 0 atom stereocenters. The summed E-state index contributed by atoms with van der Waals surface area (Å²) in [6.07, 6.45) is 9.08. The number of anilines is 1. The lowest BCUT2D eigenvalue weighted by atomic mass is 10.1. The molecule has 2 aromatic heterocycles. The molecule has 132 valence electrons. The number of amides is 2. The number of H-pyrrole nitrogens is 1. The second kappa shape index (κ2) is 7.65. The number of nitrogens with zero attached hydrogens (tertiary/aromatic N) is 2. The normalized spacial score (nSPS) is 11.9. The van der Waals surface area contributed by atoms with Crippen molar-refractivity contribution in [2.75, 3.05) is 5.32 Å². The second-order valence-corrected chi connectivity index (χ2v) is 5.95. The molecule has 0 aliphatic rings. The fourth-order valence-electron chi connectivity index (χ4n) is 2.67. The molecule has 0 fully saturated rings. The van der Waals surface area contributed by atoms with Crippen LogP contribution in [0.15, 0.2) is 60.7 Å². The van der Waals surface area contributed by atoms with E-state index in [1.165, 1.54) is 0 Å². The van der Waals surface area contributed by atoms with E-state index >= 15 is 0 Å². The van der Waals surface area contributed by atoms with Crippen LogP contribution in [-0.4, -0.2) is 21.0 Å². The molecular formula is C20H21N5O. The molecule has 0 spiro atoms. The van der Waals surface area contributed by atoms with Gasteiger partial charge in [-0.25, -0.2) is 14.8 Å². The van der Waals surface area contributed by atoms with Crippen LogP contribution in [0.3, 0.4) is 0 Å². The lowest BCUT2D eigenvalue weighted by Gasteiger charge is -2.09. The largest absolute Gasteiger partial charge is 0.346 e. The predicted octanol–water partition coefficient (Wildman–Crippen LogP) is 4.53. The molecule has 1 aromatic carbocycles. The fourth-order valence-corrected chi connectivity index (χ4v) is 2.67. The van der Waals surface area contributed by atoms with Gasteiger partial charge in [-0.1, -0.05) is 24.3 Å². The number of hydrogen-bond acceptors (Lipinski definition) is 3. The number of fused-ring (bicyclic) bond motifs is 1. The highest BCUT2D eigenvalue weighted by atomic mass is 16.2. The van der Waals surface area contributed by atoms with E-state index in [0.717, 1.165) is 33.6 Å². The Hall–Kier alpha value is -3.41. The second-order valence-electron chi connectivity index (χ2n) is 5.95. The number of nitrogens with one attached hydrogen (secondary N) is 3. The third-order valence-corrected chi connectivity index (χ3v) is 3.93. The number of hydrogen-bond donors (Lipinski definition) is 3. The van der Waals surface area contributed by atoms with Crippen molar-refractivity contribution < 1.29 is 4.79 Å². The zero-order valence-corrected chi connectivity index (χ0v) is 15.0. The van der Waals surface area contributed by atoms with Gasteiger partial charge in [0, 0.05) is 28.5 Å². The van der Waals surface area contributed by atoms with Crippen LogP contribution in [0.5, 0.6) is 0 Å². The van der Waals surface area contributed by atoms with Crippen LogP contribution in [0.4, 0.5) is 10.5 Å². The Labute approximate surface area is 152 Å². The number of rotatable bonds is 4. The summed E-state index contributed by atoms with van der Waals surface area (Å²) < 4.78 is 0. The molecule has 3 aromatic rings. The molecule has 0 aliphatic heterocycles. The average Bonchev–Trinajstić information content (AvgIpc) is 3.02. The average molecular weight is 347 g/mol. The summed E-state index contributed by atoms with van der Waals surface area (Å²) in [4.78, 5) is 23.8. The van der Waals surface area contributed by atoms with Gasteiger partial charge in [0.2, 0.25) is 0 Å². The summed E-state index contributed by atoms with van der Waals surface area (Å²) in [5.41, 5.74) is 5.23. The van der Waals surface area contributed by atoms with Crippen molar-refractivity contribution in [3.8, 4) is 11.3 Å². The van der Waals surface area contributed by atoms with Crippen LogP contribution >= 0.6 is 0 Å². The van der Waals surface area contributed by atoms with E-state index in [9.17, 15) is 4.79 Å². The molecule has 26 heavy (non-hydrogen) atoms. The van der Waals surface area contributed by atoms with E-state index in [1.807, 2.05) is 69.5 Å². The highest BCUT2D eigenvalue weighted by Gasteiger charge is 2.10. The van der Waals surface area contributed by atoms with Gasteiger partial charge in [-0.05, 0) is 44.5 Å². The van der Waals surface area contributed by atoms with Crippen LogP contribution in [0.2, 0.25) is 0 Å². The molecule has 2 amide bonds. The fraction of sp³-hybridized carbons (Fsp3) is 0.150. The minimum absolute atomic E-state index is 0.276. The number of carbonyl (C=O) groups excluding carboxylic acids is 1. The lowest BCUT2D eigenvalue weighted by Crippen LogP contribution is -2.26. The molecule has 0 saturated carbocycles. The van der Waals surface area contributed by atoms with Gasteiger partial charge >= 0.3 is 6.03 Å². The first-order valence-corrected chi connectivity index (χ1v) is 8.35. The highest BCUT2D eigenvalue weighted by Crippen LogP contribution is 2.28. The van der Waals surface area contributed by atoms with E-state index in [2.05, 4.69) is 25.6 Å². The molecule has 6 nitrogen and oxygen atoms in total. The molecule has 0 saturated heterocycles. The first-order valence-electron chi connectivity index (χ1n) is 8.35. The zero-order chi connectivity index (χ0) is 18.5. The van der Waals surface area contributed by atoms with E-state index < -0.39 is 0 Å². The monoisotopic (exact) mass is 347 g/mol. The molecule has 0 radical (unpaired) electrons. The van der Waals surface area contributed by atoms with E-state index in [4.69, 9.17) is 0 Å². The van der Waals surface area contributed by atoms with Crippen molar-refractivity contribution in [1.29, 1.82) is 0 Å². The van der Waals surface area contributed by atoms with Crippen molar-refractivity contribution in [3.05, 3.63) is 66.3 Å². The third kappa shape index (κ3) is 3.80. The van der Waals surface area contributed by atoms with E-state index in [-0.39, 0.29) is 6.03 Å². The highest BCUT2D eigenvalue weighted by molar-refractivity contribution is 5.94. The summed E-state index contributed by atoms with van der Waals surface area (Å²) in [5, 5.41) is 6.60. The maximum absolute atomic E-state index is 12.0. The Balaban J connectivity index is 1.76. The van der Waals surface area contributed by atoms with Crippen LogP contribution in [0, 0.1) is 6.92 Å². The maximum atomic E-state index is 12.0. The first-order chi connectivity index (χ1) is 12.6. The van der Waals surface area contributed by atoms with Crippen molar-refractivity contribution in [1.82, 2.24) is 20.3 Å². The lowest BCUT2D eigenvalue weighted by molar-refractivity contribution is 0.254. The third-order valence-electron chi connectivity index (χ3n) is 3.93. The van der Waals surface area contributed by atoms with Crippen LogP contribution < -0.4 is 10.6 Å².